The standard InChI is InChI=1S/C15H22O3/c1-4-13-5-7-14(8-6-13)18-15(16)9-10-17-11-12(2)3/h5-8,12H,4,9-11H2,1-3H3. The molecule has 0 N–H and O–H groups in total. The van der Waals surface area contributed by atoms with Crippen molar-refractivity contribution in [3.63, 3.8) is 0 Å². The normalized spacial score (nSPS) is 10.7. The molecular weight excluding hydrogens is 228 g/mol. The van der Waals surface area contributed by atoms with E-state index in [1.54, 1.807) is 0 Å². The molecule has 1 aromatic rings. The predicted octanol–water partition coefficient (Wildman–Crippen LogP) is 3.22. The number of carbonyl (C=O) groups excluding carboxylic acids is 1. The van der Waals surface area contributed by atoms with Crippen LogP contribution in [0.4, 0.5) is 0 Å². The second kappa shape index (κ2) is 7.88. The molecule has 3 nitrogen and oxygen atoms in total. The fraction of sp³-hybridized carbons (Fsp3) is 0.533. The van der Waals surface area contributed by atoms with Gasteiger partial charge in [0.25, 0.3) is 0 Å². The van der Waals surface area contributed by atoms with Gasteiger partial charge in [0, 0.05) is 6.61 Å². The van der Waals surface area contributed by atoms with E-state index in [9.17, 15) is 4.79 Å². The average Bonchev–Trinajstić information content (AvgIpc) is 2.35. The van der Waals surface area contributed by atoms with Gasteiger partial charge in [-0.1, -0.05) is 32.9 Å². The van der Waals surface area contributed by atoms with Crippen LogP contribution in [0.15, 0.2) is 24.3 Å². The molecule has 0 aliphatic carbocycles. The van der Waals surface area contributed by atoms with Crippen LogP contribution in [0, 0.1) is 5.92 Å². The van der Waals surface area contributed by atoms with Crippen LogP contribution in [-0.2, 0) is 16.0 Å². The maximum absolute atomic E-state index is 11.5. The highest BCUT2D eigenvalue weighted by atomic mass is 16.5. The molecule has 0 fully saturated rings. The Hall–Kier alpha value is -1.35. The summed E-state index contributed by atoms with van der Waals surface area (Å²) in [6.07, 6.45) is 1.28. The molecule has 0 aromatic heterocycles. The van der Waals surface area contributed by atoms with Gasteiger partial charge in [0.05, 0.1) is 13.0 Å². The lowest BCUT2D eigenvalue weighted by atomic mass is 10.2. The highest BCUT2D eigenvalue weighted by molar-refractivity contribution is 5.72. The van der Waals surface area contributed by atoms with Crippen molar-refractivity contribution in [3.05, 3.63) is 29.8 Å². The van der Waals surface area contributed by atoms with E-state index in [0.717, 1.165) is 6.42 Å². The summed E-state index contributed by atoms with van der Waals surface area (Å²) >= 11 is 0. The van der Waals surface area contributed by atoms with Crippen molar-refractivity contribution in [2.75, 3.05) is 13.2 Å². The third-order valence-corrected chi connectivity index (χ3v) is 2.46. The molecule has 18 heavy (non-hydrogen) atoms. The van der Waals surface area contributed by atoms with Gasteiger partial charge in [-0.2, -0.15) is 0 Å². The van der Waals surface area contributed by atoms with Gasteiger partial charge < -0.3 is 9.47 Å². The van der Waals surface area contributed by atoms with Gasteiger partial charge in [0.1, 0.15) is 5.75 Å². The first-order valence-electron chi connectivity index (χ1n) is 6.49. The van der Waals surface area contributed by atoms with Crippen LogP contribution in [-0.4, -0.2) is 19.2 Å². The van der Waals surface area contributed by atoms with Gasteiger partial charge in [-0.05, 0) is 30.0 Å². The first kappa shape index (κ1) is 14.7. The fourth-order valence-corrected chi connectivity index (χ4v) is 1.45. The minimum Gasteiger partial charge on any atom is -0.426 e. The number of hydrogen-bond donors (Lipinski definition) is 0. The Morgan fingerprint density at radius 2 is 1.89 bits per heavy atom. The molecule has 0 atom stereocenters. The van der Waals surface area contributed by atoms with Gasteiger partial charge in [-0.25, -0.2) is 0 Å². The first-order chi connectivity index (χ1) is 8.61. The van der Waals surface area contributed by atoms with E-state index in [0.29, 0.717) is 31.3 Å². The van der Waals surface area contributed by atoms with Gasteiger partial charge in [0.2, 0.25) is 0 Å². The van der Waals surface area contributed by atoms with Crippen molar-refractivity contribution >= 4 is 5.97 Å². The van der Waals surface area contributed by atoms with Crippen molar-refractivity contribution in [3.8, 4) is 5.75 Å². The van der Waals surface area contributed by atoms with E-state index >= 15 is 0 Å². The Balaban J connectivity index is 2.26. The highest BCUT2D eigenvalue weighted by Gasteiger charge is 2.05. The Bertz CT molecular complexity index is 355. The van der Waals surface area contributed by atoms with Crippen LogP contribution in [0.2, 0.25) is 0 Å². The van der Waals surface area contributed by atoms with E-state index in [2.05, 4.69) is 20.8 Å². The third-order valence-electron chi connectivity index (χ3n) is 2.46. The van der Waals surface area contributed by atoms with E-state index < -0.39 is 0 Å². The SMILES string of the molecule is CCc1ccc(OC(=O)CCOCC(C)C)cc1. The highest BCUT2D eigenvalue weighted by Crippen LogP contribution is 2.13. The molecule has 0 aliphatic rings. The zero-order valence-electron chi connectivity index (χ0n) is 11.4. The van der Waals surface area contributed by atoms with Crippen molar-refractivity contribution < 1.29 is 14.3 Å². The number of carbonyl (C=O) groups is 1. The molecule has 1 aromatic carbocycles. The second-order valence-electron chi connectivity index (χ2n) is 4.69. The fourth-order valence-electron chi connectivity index (χ4n) is 1.45. The minimum absolute atomic E-state index is 0.247. The maximum Gasteiger partial charge on any atom is 0.313 e. The van der Waals surface area contributed by atoms with Gasteiger partial charge in [-0.3, -0.25) is 4.79 Å². The van der Waals surface area contributed by atoms with E-state index in [-0.39, 0.29) is 5.97 Å². The van der Waals surface area contributed by atoms with Crippen molar-refractivity contribution in [2.45, 2.75) is 33.6 Å². The van der Waals surface area contributed by atoms with Gasteiger partial charge in [-0.15, -0.1) is 0 Å². The third kappa shape index (κ3) is 5.82. The molecule has 0 bridgehead atoms. The minimum atomic E-state index is -0.247. The summed E-state index contributed by atoms with van der Waals surface area (Å²) in [7, 11) is 0. The summed E-state index contributed by atoms with van der Waals surface area (Å²) in [5.41, 5.74) is 1.23. The van der Waals surface area contributed by atoms with E-state index in [1.165, 1.54) is 5.56 Å². The summed E-state index contributed by atoms with van der Waals surface area (Å²) < 4.78 is 10.5. The Morgan fingerprint density at radius 3 is 2.44 bits per heavy atom. The van der Waals surface area contributed by atoms with Crippen LogP contribution in [0.25, 0.3) is 0 Å². The van der Waals surface area contributed by atoms with E-state index in [4.69, 9.17) is 9.47 Å². The number of hydrogen-bond acceptors (Lipinski definition) is 3. The summed E-state index contributed by atoms with van der Waals surface area (Å²) in [5.74, 6) is 0.840. The number of benzene rings is 1. The topological polar surface area (TPSA) is 35.5 Å². The quantitative estimate of drug-likeness (QED) is 0.423. The molecule has 0 saturated heterocycles. The Kier molecular flexibility index (Phi) is 6.44. The molecule has 0 amide bonds. The monoisotopic (exact) mass is 250 g/mol. The predicted molar refractivity (Wildman–Crippen MR) is 71.7 cm³/mol. The first-order valence-corrected chi connectivity index (χ1v) is 6.49. The number of aryl methyl sites for hydroxylation is 1. The summed E-state index contributed by atoms with van der Waals surface area (Å²) in [4.78, 5) is 11.5. The number of rotatable bonds is 7. The van der Waals surface area contributed by atoms with E-state index in [1.807, 2.05) is 24.3 Å². The van der Waals surface area contributed by atoms with Crippen molar-refractivity contribution in [2.24, 2.45) is 5.92 Å². The molecule has 1 rings (SSSR count). The Morgan fingerprint density at radius 1 is 1.22 bits per heavy atom. The van der Waals surface area contributed by atoms with Crippen LogP contribution >= 0.6 is 0 Å². The zero-order valence-corrected chi connectivity index (χ0v) is 11.4. The van der Waals surface area contributed by atoms with Crippen molar-refractivity contribution in [1.29, 1.82) is 0 Å². The molecule has 0 aliphatic heterocycles. The summed E-state index contributed by atoms with van der Waals surface area (Å²) in [5, 5.41) is 0. The molecule has 0 spiro atoms. The van der Waals surface area contributed by atoms with Crippen LogP contribution in [0.1, 0.15) is 32.8 Å². The van der Waals surface area contributed by atoms with Crippen LogP contribution in [0.5, 0.6) is 5.75 Å². The smallest absolute Gasteiger partial charge is 0.313 e. The number of esters is 1. The molecular formula is C15H22O3. The lowest BCUT2D eigenvalue weighted by Gasteiger charge is -2.07. The molecule has 3 heteroatoms. The molecule has 0 heterocycles. The molecule has 100 valence electrons. The Labute approximate surface area is 109 Å². The average molecular weight is 250 g/mol. The maximum atomic E-state index is 11.5. The molecule has 0 unspecified atom stereocenters. The summed E-state index contributed by atoms with van der Waals surface area (Å²) in [6, 6.07) is 7.59. The van der Waals surface area contributed by atoms with Crippen LogP contribution < -0.4 is 4.74 Å². The number of ether oxygens (including phenoxy) is 2. The second-order valence-corrected chi connectivity index (χ2v) is 4.69. The van der Waals surface area contributed by atoms with Crippen molar-refractivity contribution in [1.82, 2.24) is 0 Å². The van der Waals surface area contributed by atoms with Crippen LogP contribution in [0.3, 0.4) is 0 Å². The molecule has 0 radical (unpaired) electrons. The zero-order chi connectivity index (χ0) is 13.4. The van der Waals surface area contributed by atoms with Gasteiger partial charge in [0.15, 0.2) is 0 Å². The molecule has 0 saturated carbocycles. The largest absolute Gasteiger partial charge is 0.426 e. The van der Waals surface area contributed by atoms with Gasteiger partial charge >= 0.3 is 5.97 Å². The summed E-state index contributed by atoms with van der Waals surface area (Å²) in [6.45, 7) is 7.34. The lowest BCUT2D eigenvalue weighted by Crippen LogP contribution is -2.12. The lowest BCUT2D eigenvalue weighted by molar-refractivity contribution is -0.135.